The number of imidazole rings is 1. The summed E-state index contributed by atoms with van der Waals surface area (Å²) in [5.74, 6) is 0. The van der Waals surface area contributed by atoms with Crippen molar-refractivity contribution in [2.75, 3.05) is 0 Å². The van der Waals surface area contributed by atoms with E-state index in [2.05, 4.69) is 53.0 Å². The number of hydrogen-bond donors (Lipinski definition) is 0. The molecule has 0 radical (unpaired) electrons. The molecule has 0 N–H and O–H groups in total. The summed E-state index contributed by atoms with van der Waals surface area (Å²) in [6.07, 6.45) is 22.3. The van der Waals surface area contributed by atoms with Gasteiger partial charge in [0.2, 0.25) is 0 Å². The Morgan fingerprint density at radius 2 is 1.52 bits per heavy atom. The van der Waals surface area contributed by atoms with Gasteiger partial charge in [-0.05, 0) is 24.8 Å². The van der Waals surface area contributed by atoms with E-state index in [0.717, 1.165) is 6.42 Å². The van der Waals surface area contributed by atoms with Crippen LogP contribution < -0.4 is 0 Å². The van der Waals surface area contributed by atoms with Crippen molar-refractivity contribution in [3.63, 3.8) is 0 Å². The van der Waals surface area contributed by atoms with Crippen molar-refractivity contribution in [1.82, 2.24) is 9.55 Å². The van der Waals surface area contributed by atoms with Gasteiger partial charge in [-0.1, -0.05) is 95.0 Å². The van der Waals surface area contributed by atoms with Gasteiger partial charge in [0, 0.05) is 18.4 Å². The van der Waals surface area contributed by atoms with Crippen molar-refractivity contribution < 1.29 is 0 Å². The number of rotatable bonds is 14. The van der Waals surface area contributed by atoms with E-state index < -0.39 is 0 Å². The molecule has 0 amide bonds. The highest BCUT2D eigenvalue weighted by molar-refractivity contribution is 5.14. The minimum absolute atomic E-state index is 0.590. The van der Waals surface area contributed by atoms with Gasteiger partial charge in [0.1, 0.15) is 0 Å². The quantitative estimate of drug-likeness (QED) is 0.339. The molecule has 1 aromatic carbocycles. The molecule has 2 rings (SSSR count). The summed E-state index contributed by atoms with van der Waals surface area (Å²) in [5.41, 5.74) is 1.44. The first-order valence-electron chi connectivity index (χ1n) is 10.4. The van der Waals surface area contributed by atoms with Gasteiger partial charge in [0.15, 0.2) is 0 Å². The fourth-order valence-corrected chi connectivity index (χ4v) is 3.60. The molecule has 1 heterocycles. The lowest BCUT2D eigenvalue weighted by Gasteiger charge is -2.18. The van der Waals surface area contributed by atoms with E-state index in [-0.39, 0.29) is 0 Å². The molecule has 0 bridgehead atoms. The maximum Gasteiger partial charge on any atom is 0.0948 e. The Labute approximate surface area is 154 Å². The predicted octanol–water partition coefficient (Wildman–Crippen LogP) is 6.98. The van der Waals surface area contributed by atoms with Gasteiger partial charge in [-0.3, -0.25) is 0 Å². The molecular formula is C23H36N2. The largest absolute Gasteiger partial charge is 0.334 e. The van der Waals surface area contributed by atoms with Gasteiger partial charge in [-0.15, -0.1) is 0 Å². The lowest BCUT2D eigenvalue weighted by atomic mass is 9.99. The lowest BCUT2D eigenvalue weighted by molar-refractivity contribution is 0.411. The first-order chi connectivity index (χ1) is 12.4. The van der Waals surface area contributed by atoms with Crippen LogP contribution >= 0.6 is 0 Å². The molecule has 25 heavy (non-hydrogen) atoms. The minimum Gasteiger partial charge on any atom is -0.334 e. The summed E-state index contributed by atoms with van der Waals surface area (Å²) in [7, 11) is 0. The van der Waals surface area contributed by atoms with E-state index in [0.29, 0.717) is 6.04 Å². The standard InChI is InChI=1S/C23H36N2/c1-2-3-4-5-6-7-8-9-13-16-23(25-20-19-24-21-25)18-17-22-14-11-10-12-15-22/h10-12,14-15,19-21,23H,2-9,13,16-18H2,1H3. The van der Waals surface area contributed by atoms with Crippen LogP contribution in [0, 0.1) is 0 Å². The van der Waals surface area contributed by atoms with Gasteiger partial charge in [0.25, 0.3) is 0 Å². The van der Waals surface area contributed by atoms with Crippen LogP contribution in [0.15, 0.2) is 49.1 Å². The summed E-state index contributed by atoms with van der Waals surface area (Å²) in [5, 5.41) is 0. The third kappa shape index (κ3) is 8.38. The summed E-state index contributed by atoms with van der Waals surface area (Å²) in [6.45, 7) is 2.29. The highest BCUT2D eigenvalue weighted by atomic mass is 15.0. The van der Waals surface area contributed by atoms with E-state index >= 15 is 0 Å². The Morgan fingerprint density at radius 3 is 2.16 bits per heavy atom. The monoisotopic (exact) mass is 340 g/mol. The number of unbranched alkanes of at least 4 members (excludes halogenated alkanes) is 8. The molecular weight excluding hydrogens is 304 g/mol. The topological polar surface area (TPSA) is 17.8 Å². The average molecular weight is 341 g/mol. The third-order valence-corrected chi connectivity index (χ3v) is 5.20. The van der Waals surface area contributed by atoms with E-state index in [1.54, 1.807) is 0 Å². The number of hydrogen-bond acceptors (Lipinski definition) is 1. The van der Waals surface area contributed by atoms with Crippen LogP contribution in [-0.4, -0.2) is 9.55 Å². The molecule has 0 aliphatic heterocycles. The molecule has 0 saturated carbocycles. The molecule has 1 unspecified atom stereocenters. The molecule has 1 aromatic heterocycles. The van der Waals surface area contributed by atoms with Crippen molar-refractivity contribution in [3.05, 3.63) is 54.6 Å². The molecule has 0 spiro atoms. The number of aryl methyl sites for hydroxylation is 1. The Balaban J connectivity index is 1.64. The normalized spacial score (nSPS) is 12.4. The van der Waals surface area contributed by atoms with E-state index in [1.807, 2.05) is 12.5 Å². The number of aromatic nitrogens is 2. The zero-order chi connectivity index (χ0) is 17.6. The molecule has 0 aliphatic carbocycles. The predicted molar refractivity (Wildman–Crippen MR) is 108 cm³/mol. The Morgan fingerprint density at radius 1 is 0.840 bits per heavy atom. The van der Waals surface area contributed by atoms with Crippen LogP contribution in [-0.2, 0) is 6.42 Å². The second kappa shape index (κ2) is 12.7. The maximum atomic E-state index is 4.25. The fourth-order valence-electron chi connectivity index (χ4n) is 3.60. The van der Waals surface area contributed by atoms with Gasteiger partial charge < -0.3 is 4.57 Å². The van der Waals surface area contributed by atoms with Crippen molar-refractivity contribution in [2.45, 2.75) is 90.0 Å². The molecule has 2 nitrogen and oxygen atoms in total. The van der Waals surface area contributed by atoms with Gasteiger partial charge in [0.05, 0.1) is 6.33 Å². The third-order valence-electron chi connectivity index (χ3n) is 5.20. The van der Waals surface area contributed by atoms with Crippen LogP contribution in [0.3, 0.4) is 0 Å². The van der Waals surface area contributed by atoms with Crippen molar-refractivity contribution in [1.29, 1.82) is 0 Å². The average Bonchev–Trinajstić information content (AvgIpc) is 3.18. The second-order valence-electron chi connectivity index (χ2n) is 7.31. The summed E-state index contributed by atoms with van der Waals surface area (Å²) < 4.78 is 2.31. The van der Waals surface area contributed by atoms with Gasteiger partial charge in [-0.2, -0.15) is 0 Å². The Bertz CT molecular complexity index is 518. The molecule has 0 aliphatic rings. The molecule has 2 aromatic rings. The molecule has 138 valence electrons. The lowest BCUT2D eigenvalue weighted by Crippen LogP contribution is -2.08. The van der Waals surface area contributed by atoms with Crippen LogP contribution in [0.1, 0.15) is 89.2 Å². The Kier molecular flexibility index (Phi) is 10.1. The highest BCUT2D eigenvalue weighted by Crippen LogP contribution is 2.22. The SMILES string of the molecule is CCCCCCCCCCCC(CCc1ccccc1)n1ccnc1. The molecule has 1 atom stereocenters. The smallest absolute Gasteiger partial charge is 0.0948 e. The van der Waals surface area contributed by atoms with Crippen LogP contribution in [0.25, 0.3) is 0 Å². The van der Waals surface area contributed by atoms with Crippen molar-refractivity contribution in [2.24, 2.45) is 0 Å². The van der Waals surface area contributed by atoms with Crippen LogP contribution in [0.5, 0.6) is 0 Å². The molecule has 0 fully saturated rings. The zero-order valence-electron chi connectivity index (χ0n) is 16.1. The van der Waals surface area contributed by atoms with E-state index in [1.165, 1.54) is 76.2 Å². The van der Waals surface area contributed by atoms with Crippen LogP contribution in [0.2, 0.25) is 0 Å². The molecule has 2 heteroatoms. The first-order valence-corrected chi connectivity index (χ1v) is 10.4. The zero-order valence-corrected chi connectivity index (χ0v) is 16.1. The first kappa shape index (κ1) is 19.8. The number of nitrogens with zero attached hydrogens (tertiary/aromatic N) is 2. The summed E-state index contributed by atoms with van der Waals surface area (Å²) in [6, 6.07) is 11.4. The Hall–Kier alpha value is -1.57. The van der Waals surface area contributed by atoms with Crippen molar-refractivity contribution in [3.8, 4) is 0 Å². The highest BCUT2D eigenvalue weighted by Gasteiger charge is 2.10. The van der Waals surface area contributed by atoms with Gasteiger partial charge in [-0.25, -0.2) is 4.98 Å². The van der Waals surface area contributed by atoms with Crippen molar-refractivity contribution >= 4 is 0 Å². The summed E-state index contributed by atoms with van der Waals surface area (Å²) >= 11 is 0. The van der Waals surface area contributed by atoms with Crippen LogP contribution in [0.4, 0.5) is 0 Å². The minimum atomic E-state index is 0.590. The van der Waals surface area contributed by atoms with E-state index in [9.17, 15) is 0 Å². The fraction of sp³-hybridized carbons (Fsp3) is 0.609. The van der Waals surface area contributed by atoms with E-state index in [4.69, 9.17) is 0 Å². The number of benzene rings is 1. The maximum absolute atomic E-state index is 4.25. The molecule has 0 saturated heterocycles. The second-order valence-corrected chi connectivity index (χ2v) is 7.31. The summed E-state index contributed by atoms with van der Waals surface area (Å²) in [4.78, 5) is 4.25. The van der Waals surface area contributed by atoms with Gasteiger partial charge >= 0.3 is 0 Å².